The van der Waals surface area contributed by atoms with E-state index in [1.54, 1.807) is 12.4 Å². The Labute approximate surface area is 82.1 Å². The summed E-state index contributed by atoms with van der Waals surface area (Å²) in [5, 5.41) is 0.424. The maximum absolute atomic E-state index is 5.60. The molecule has 0 spiro atoms. The first-order valence-corrected chi connectivity index (χ1v) is 4.80. The zero-order valence-electron chi connectivity index (χ0n) is 7.24. The van der Waals surface area contributed by atoms with E-state index in [2.05, 4.69) is 9.97 Å². The van der Waals surface area contributed by atoms with Gasteiger partial charge in [-0.15, -0.1) is 0 Å². The van der Waals surface area contributed by atoms with Crippen molar-refractivity contribution in [3.05, 3.63) is 23.2 Å². The summed E-state index contributed by atoms with van der Waals surface area (Å²) in [5.41, 5.74) is 0.844. The van der Waals surface area contributed by atoms with E-state index in [0.29, 0.717) is 17.9 Å². The summed E-state index contributed by atoms with van der Waals surface area (Å²) in [4.78, 5) is 8.01. The molecule has 3 nitrogen and oxygen atoms in total. The summed E-state index contributed by atoms with van der Waals surface area (Å²) in [5.74, 6) is 0. The number of hydrogen-bond acceptors (Lipinski definition) is 3. The number of halogens is 1. The molecule has 1 fully saturated rings. The minimum Gasteiger partial charge on any atom is -0.372 e. The second-order valence-corrected chi connectivity index (χ2v) is 3.58. The lowest BCUT2D eigenvalue weighted by molar-refractivity contribution is -0.0102. The fourth-order valence-electron chi connectivity index (χ4n) is 1.15. The first kappa shape index (κ1) is 8.91. The van der Waals surface area contributed by atoms with Gasteiger partial charge in [0.15, 0.2) is 0 Å². The van der Waals surface area contributed by atoms with E-state index in [-0.39, 0.29) is 0 Å². The maximum atomic E-state index is 5.60. The van der Waals surface area contributed by atoms with E-state index in [1.807, 2.05) is 0 Å². The van der Waals surface area contributed by atoms with E-state index in [0.717, 1.165) is 5.69 Å². The standard InChI is InChI=1S/C9H11ClN2O/c10-9-5-11-7(4-12-9)6-13-8-2-1-3-8/h4-5,8H,1-3,6H2. The lowest BCUT2D eigenvalue weighted by Crippen LogP contribution is -2.21. The summed E-state index contributed by atoms with van der Waals surface area (Å²) < 4.78 is 5.56. The summed E-state index contributed by atoms with van der Waals surface area (Å²) in [7, 11) is 0. The molecule has 0 bridgehead atoms. The number of hydrogen-bond donors (Lipinski definition) is 0. The van der Waals surface area contributed by atoms with Gasteiger partial charge in [0.25, 0.3) is 0 Å². The molecule has 0 amide bonds. The molecule has 0 atom stereocenters. The molecule has 0 aliphatic heterocycles. The molecule has 0 aromatic carbocycles. The Morgan fingerprint density at radius 3 is 2.77 bits per heavy atom. The van der Waals surface area contributed by atoms with Crippen LogP contribution < -0.4 is 0 Å². The molecule has 1 heterocycles. The van der Waals surface area contributed by atoms with E-state index >= 15 is 0 Å². The minimum absolute atomic E-state index is 0.424. The highest BCUT2D eigenvalue weighted by Crippen LogP contribution is 2.22. The lowest BCUT2D eigenvalue weighted by Gasteiger charge is -2.25. The number of rotatable bonds is 3. The Balaban J connectivity index is 1.83. The zero-order valence-corrected chi connectivity index (χ0v) is 8.00. The fourth-order valence-corrected chi connectivity index (χ4v) is 1.25. The van der Waals surface area contributed by atoms with Crippen LogP contribution in [0, 0.1) is 0 Å². The summed E-state index contributed by atoms with van der Waals surface area (Å²) in [6.07, 6.45) is 7.29. The van der Waals surface area contributed by atoms with Gasteiger partial charge in [-0.2, -0.15) is 0 Å². The Hall–Kier alpha value is -0.670. The molecular formula is C9H11ClN2O. The van der Waals surface area contributed by atoms with Crippen LogP contribution in [0.1, 0.15) is 25.0 Å². The van der Waals surface area contributed by atoms with E-state index < -0.39 is 0 Å². The topological polar surface area (TPSA) is 35.0 Å². The molecule has 0 unspecified atom stereocenters. The van der Waals surface area contributed by atoms with Crippen LogP contribution >= 0.6 is 11.6 Å². The third-order valence-electron chi connectivity index (χ3n) is 2.19. The monoisotopic (exact) mass is 198 g/mol. The van der Waals surface area contributed by atoms with E-state index in [4.69, 9.17) is 16.3 Å². The molecule has 13 heavy (non-hydrogen) atoms. The molecule has 1 aliphatic rings. The van der Waals surface area contributed by atoms with Gasteiger partial charge < -0.3 is 4.74 Å². The zero-order chi connectivity index (χ0) is 9.10. The van der Waals surface area contributed by atoms with Crippen LogP contribution in [0.5, 0.6) is 0 Å². The van der Waals surface area contributed by atoms with Gasteiger partial charge in [0.05, 0.1) is 30.8 Å². The molecule has 4 heteroatoms. The third-order valence-corrected chi connectivity index (χ3v) is 2.39. The van der Waals surface area contributed by atoms with Gasteiger partial charge in [0, 0.05) is 0 Å². The van der Waals surface area contributed by atoms with Gasteiger partial charge in [0.1, 0.15) is 5.15 Å². The third kappa shape index (κ3) is 2.39. The molecule has 1 aliphatic carbocycles. The van der Waals surface area contributed by atoms with Crippen LogP contribution in [0.4, 0.5) is 0 Å². The highest BCUT2D eigenvalue weighted by molar-refractivity contribution is 6.29. The Bertz CT molecular complexity index is 271. The quantitative estimate of drug-likeness (QED) is 0.747. The van der Waals surface area contributed by atoms with Gasteiger partial charge in [-0.25, -0.2) is 4.98 Å². The van der Waals surface area contributed by atoms with Crippen molar-refractivity contribution < 1.29 is 4.74 Å². The van der Waals surface area contributed by atoms with Gasteiger partial charge in [0.2, 0.25) is 0 Å². The number of nitrogens with zero attached hydrogens (tertiary/aromatic N) is 2. The fraction of sp³-hybridized carbons (Fsp3) is 0.556. The molecule has 0 radical (unpaired) electrons. The average molecular weight is 199 g/mol. The molecule has 1 aromatic heterocycles. The average Bonchev–Trinajstić information content (AvgIpc) is 2.05. The van der Waals surface area contributed by atoms with Gasteiger partial charge >= 0.3 is 0 Å². The van der Waals surface area contributed by atoms with Crippen molar-refractivity contribution in [3.63, 3.8) is 0 Å². The normalized spacial score (nSPS) is 17.0. The van der Waals surface area contributed by atoms with Gasteiger partial charge in [-0.05, 0) is 19.3 Å². The molecule has 0 N–H and O–H groups in total. The predicted molar refractivity (Wildman–Crippen MR) is 49.5 cm³/mol. The van der Waals surface area contributed by atoms with Crippen LogP contribution in [-0.4, -0.2) is 16.1 Å². The Morgan fingerprint density at radius 2 is 2.23 bits per heavy atom. The van der Waals surface area contributed by atoms with E-state index in [1.165, 1.54) is 19.3 Å². The number of aromatic nitrogens is 2. The molecule has 2 rings (SSSR count). The second-order valence-electron chi connectivity index (χ2n) is 3.19. The lowest BCUT2D eigenvalue weighted by atomic mass is 9.96. The summed E-state index contributed by atoms with van der Waals surface area (Å²) in [6, 6.07) is 0. The predicted octanol–water partition coefficient (Wildman–Crippen LogP) is 2.20. The highest BCUT2D eigenvalue weighted by atomic mass is 35.5. The highest BCUT2D eigenvalue weighted by Gasteiger charge is 2.17. The van der Waals surface area contributed by atoms with Crippen LogP contribution in [0.25, 0.3) is 0 Å². The first-order chi connectivity index (χ1) is 6.34. The first-order valence-electron chi connectivity index (χ1n) is 4.42. The summed E-state index contributed by atoms with van der Waals surface area (Å²) >= 11 is 5.60. The molecule has 0 saturated heterocycles. The van der Waals surface area contributed by atoms with Crippen molar-refractivity contribution in [2.24, 2.45) is 0 Å². The van der Waals surface area contributed by atoms with Gasteiger partial charge in [-0.3, -0.25) is 4.98 Å². The Morgan fingerprint density at radius 1 is 1.38 bits per heavy atom. The second kappa shape index (κ2) is 4.03. The van der Waals surface area contributed by atoms with E-state index in [9.17, 15) is 0 Å². The van der Waals surface area contributed by atoms with Crippen molar-refractivity contribution >= 4 is 11.6 Å². The summed E-state index contributed by atoms with van der Waals surface area (Å²) in [6.45, 7) is 0.550. The van der Waals surface area contributed by atoms with Crippen molar-refractivity contribution in [2.75, 3.05) is 0 Å². The van der Waals surface area contributed by atoms with Crippen LogP contribution in [0.15, 0.2) is 12.4 Å². The molecule has 70 valence electrons. The number of ether oxygens (including phenoxy) is 1. The van der Waals surface area contributed by atoms with Crippen molar-refractivity contribution in [1.29, 1.82) is 0 Å². The van der Waals surface area contributed by atoms with Crippen molar-refractivity contribution in [2.45, 2.75) is 32.0 Å². The van der Waals surface area contributed by atoms with Crippen molar-refractivity contribution in [3.8, 4) is 0 Å². The van der Waals surface area contributed by atoms with Gasteiger partial charge in [-0.1, -0.05) is 11.6 Å². The van der Waals surface area contributed by atoms with Crippen LogP contribution in [0.3, 0.4) is 0 Å². The molecule has 1 aromatic rings. The Kier molecular flexibility index (Phi) is 2.76. The maximum Gasteiger partial charge on any atom is 0.147 e. The SMILES string of the molecule is Clc1cnc(COC2CCC2)cn1. The molecular weight excluding hydrogens is 188 g/mol. The largest absolute Gasteiger partial charge is 0.372 e. The smallest absolute Gasteiger partial charge is 0.147 e. The minimum atomic E-state index is 0.424. The van der Waals surface area contributed by atoms with Crippen LogP contribution in [-0.2, 0) is 11.3 Å². The molecule has 1 saturated carbocycles. The van der Waals surface area contributed by atoms with Crippen molar-refractivity contribution in [1.82, 2.24) is 9.97 Å². The van der Waals surface area contributed by atoms with Crippen LogP contribution in [0.2, 0.25) is 5.15 Å².